The zero-order valence-electron chi connectivity index (χ0n) is 9.99. The van der Waals surface area contributed by atoms with Crippen molar-refractivity contribution in [2.75, 3.05) is 19.8 Å². The largest absolute Gasteiger partial charge is 0.289 e. The molecule has 0 unspecified atom stereocenters. The summed E-state index contributed by atoms with van der Waals surface area (Å²) in [6.45, 7) is 2.13. The van der Waals surface area contributed by atoms with E-state index in [4.69, 9.17) is 0 Å². The van der Waals surface area contributed by atoms with Crippen molar-refractivity contribution in [3.8, 4) is 0 Å². The molecule has 0 aliphatic rings. The minimum atomic E-state index is 0.0147. The molecule has 0 atom stereocenters. The van der Waals surface area contributed by atoms with Gasteiger partial charge in [0, 0.05) is 19.0 Å². The zero-order chi connectivity index (χ0) is 12.0. The molecule has 0 saturated carbocycles. The Morgan fingerprint density at radius 2 is 1.94 bits per heavy atom. The van der Waals surface area contributed by atoms with E-state index in [0.717, 1.165) is 11.3 Å². The summed E-state index contributed by atoms with van der Waals surface area (Å²) in [6.07, 6.45) is 0.426. The van der Waals surface area contributed by atoms with Crippen LogP contribution >= 0.6 is 11.8 Å². The number of amides is 1. The first-order valence-electron chi connectivity index (χ1n) is 5.30. The van der Waals surface area contributed by atoms with Gasteiger partial charge in [-0.2, -0.15) is 0 Å². The molecule has 0 aliphatic carbocycles. The van der Waals surface area contributed by atoms with Gasteiger partial charge < -0.3 is 0 Å². The van der Waals surface area contributed by atoms with Crippen LogP contribution in [0, 0.1) is 0 Å². The Bertz CT molecular complexity index is 335. The molecular formula is C12H18N2OS. The number of hydrogen-bond donors (Lipinski definition) is 1. The van der Waals surface area contributed by atoms with Crippen molar-refractivity contribution in [2.45, 2.75) is 18.2 Å². The van der Waals surface area contributed by atoms with Gasteiger partial charge in [0.2, 0.25) is 5.91 Å². The van der Waals surface area contributed by atoms with E-state index in [0.29, 0.717) is 6.42 Å². The topological polar surface area (TPSA) is 32.3 Å². The molecule has 0 bridgehead atoms. The average Bonchev–Trinajstić information content (AvgIpc) is 2.20. The first-order valence-corrected chi connectivity index (χ1v) is 6.29. The molecule has 0 saturated heterocycles. The average molecular weight is 238 g/mol. The van der Waals surface area contributed by atoms with Gasteiger partial charge in [-0.1, -0.05) is 19.1 Å². The van der Waals surface area contributed by atoms with Crippen LogP contribution in [0.3, 0.4) is 0 Å². The number of carbonyl (C=O) groups excluding carboxylic acids is 1. The van der Waals surface area contributed by atoms with Gasteiger partial charge in [-0.15, -0.1) is 11.8 Å². The van der Waals surface area contributed by atoms with Crippen LogP contribution in [0.4, 0.5) is 0 Å². The first-order chi connectivity index (χ1) is 7.61. The van der Waals surface area contributed by atoms with Gasteiger partial charge in [-0.05, 0) is 23.4 Å². The summed E-state index contributed by atoms with van der Waals surface area (Å²) in [6, 6.07) is 8.14. The highest BCUT2D eigenvalue weighted by Crippen LogP contribution is 2.17. The van der Waals surface area contributed by atoms with Gasteiger partial charge in [0.15, 0.2) is 0 Å². The Kier molecular flexibility index (Phi) is 5.35. The van der Waals surface area contributed by atoms with Crippen LogP contribution in [0.15, 0.2) is 29.2 Å². The lowest BCUT2D eigenvalue weighted by atomic mass is 10.1. The van der Waals surface area contributed by atoms with Gasteiger partial charge in [0.25, 0.3) is 0 Å². The fraction of sp³-hybridized carbons (Fsp3) is 0.417. The molecule has 16 heavy (non-hydrogen) atoms. The highest BCUT2D eigenvalue weighted by molar-refractivity contribution is 7.99. The fourth-order valence-electron chi connectivity index (χ4n) is 1.34. The molecule has 0 aromatic heterocycles. The molecule has 3 nitrogen and oxygen atoms in total. The molecule has 0 radical (unpaired) electrons. The van der Waals surface area contributed by atoms with Crippen LogP contribution in [0.5, 0.6) is 0 Å². The quantitative estimate of drug-likeness (QED) is 0.628. The van der Waals surface area contributed by atoms with Crippen LogP contribution < -0.4 is 5.43 Å². The van der Waals surface area contributed by atoms with E-state index >= 15 is 0 Å². The van der Waals surface area contributed by atoms with Crippen LogP contribution in [0.25, 0.3) is 0 Å². The molecule has 1 N–H and O–H groups in total. The van der Waals surface area contributed by atoms with Crippen molar-refractivity contribution >= 4 is 17.7 Å². The summed E-state index contributed by atoms with van der Waals surface area (Å²) in [5.74, 6) is 1.08. The molecule has 1 aromatic carbocycles. The normalized spacial score (nSPS) is 10.5. The molecule has 4 heteroatoms. The number of hydrazine groups is 1. The molecule has 88 valence electrons. The highest BCUT2D eigenvalue weighted by Gasteiger charge is 2.03. The maximum absolute atomic E-state index is 11.5. The smallest absolute Gasteiger partial charge is 0.238 e. The maximum Gasteiger partial charge on any atom is 0.238 e. The van der Waals surface area contributed by atoms with E-state index in [1.807, 2.05) is 12.1 Å². The van der Waals surface area contributed by atoms with Crippen molar-refractivity contribution < 1.29 is 4.79 Å². The molecule has 1 aromatic rings. The molecule has 1 rings (SSSR count). The lowest BCUT2D eigenvalue weighted by Gasteiger charge is -2.11. The zero-order valence-corrected chi connectivity index (χ0v) is 10.8. The number of benzene rings is 1. The molecule has 0 aliphatic heterocycles. The van der Waals surface area contributed by atoms with Crippen molar-refractivity contribution in [3.63, 3.8) is 0 Å². The predicted octanol–water partition coefficient (Wildman–Crippen LogP) is 1.93. The number of rotatable bonds is 5. The number of carbonyl (C=O) groups is 1. The van der Waals surface area contributed by atoms with Gasteiger partial charge in [0.1, 0.15) is 0 Å². The fourth-order valence-corrected chi connectivity index (χ4v) is 2.01. The third kappa shape index (κ3) is 4.68. The maximum atomic E-state index is 11.5. The van der Waals surface area contributed by atoms with E-state index in [9.17, 15) is 4.79 Å². The highest BCUT2D eigenvalue weighted by atomic mass is 32.2. The van der Waals surface area contributed by atoms with Crippen molar-refractivity contribution in [3.05, 3.63) is 29.8 Å². The van der Waals surface area contributed by atoms with E-state index in [1.165, 1.54) is 4.90 Å². The summed E-state index contributed by atoms with van der Waals surface area (Å²) in [7, 11) is 3.61. The van der Waals surface area contributed by atoms with Crippen molar-refractivity contribution in [1.82, 2.24) is 10.4 Å². The second-order valence-corrected chi connectivity index (χ2v) is 5.02. The second kappa shape index (κ2) is 6.55. The van der Waals surface area contributed by atoms with Crippen molar-refractivity contribution in [2.24, 2.45) is 0 Å². The Balaban J connectivity index is 2.51. The van der Waals surface area contributed by atoms with E-state index in [-0.39, 0.29) is 5.91 Å². The monoisotopic (exact) mass is 238 g/mol. The van der Waals surface area contributed by atoms with Gasteiger partial charge in [-0.25, -0.2) is 5.01 Å². The van der Waals surface area contributed by atoms with E-state index in [1.54, 1.807) is 30.9 Å². The summed E-state index contributed by atoms with van der Waals surface area (Å²) in [5.41, 5.74) is 3.76. The summed E-state index contributed by atoms with van der Waals surface area (Å²) >= 11 is 1.80. The van der Waals surface area contributed by atoms with Crippen molar-refractivity contribution in [1.29, 1.82) is 0 Å². The minimum Gasteiger partial charge on any atom is -0.289 e. The third-order valence-corrected chi connectivity index (χ3v) is 2.84. The summed E-state index contributed by atoms with van der Waals surface area (Å²) in [5, 5.41) is 1.66. The number of nitrogens with one attached hydrogen (secondary N) is 1. The summed E-state index contributed by atoms with van der Waals surface area (Å²) < 4.78 is 0. The minimum absolute atomic E-state index is 0.0147. The summed E-state index contributed by atoms with van der Waals surface area (Å²) in [4.78, 5) is 12.7. The Morgan fingerprint density at radius 3 is 2.44 bits per heavy atom. The van der Waals surface area contributed by atoms with Gasteiger partial charge in [0.05, 0.1) is 6.42 Å². The van der Waals surface area contributed by atoms with E-state index in [2.05, 4.69) is 24.5 Å². The number of nitrogens with zero attached hydrogens (tertiary/aromatic N) is 1. The second-order valence-electron chi connectivity index (χ2n) is 3.68. The van der Waals surface area contributed by atoms with Crippen LogP contribution in [0.2, 0.25) is 0 Å². The van der Waals surface area contributed by atoms with Crippen LogP contribution in [-0.2, 0) is 11.2 Å². The lowest BCUT2D eigenvalue weighted by molar-refractivity contribution is -0.124. The van der Waals surface area contributed by atoms with Crippen LogP contribution in [-0.4, -0.2) is 30.8 Å². The first kappa shape index (κ1) is 13.1. The molecule has 0 fully saturated rings. The standard InChI is InChI=1S/C12H18N2OS/c1-4-16-11-7-5-10(6-8-11)9-12(15)13-14(2)3/h5-8H,4,9H2,1-3H3,(H,13,15). The van der Waals surface area contributed by atoms with E-state index < -0.39 is 0 Å². The van der Waals surface area contributed by atoms with Gasteiger partial charge in [-0.3, -0.25) is 10.2 Å². The molecular weight excluding hydrogens is 220 g/mol. The van der Waals surface area contributed by atoms with Crippen LogP contribution in [0.1, 0.15) is 12.5 Å². The number of thioether (sulfide) groups is 1. The molecule has 0 spiro atoms. The third-order valence-electron chi connectivity index (χ3n) is 1.95. The lowest BCUT2D eigenvalue weighted by Crippen LogP contribution is -2.37. The van der Waals surface area contributed by atoms with Gasteiger partial charge >= 0.3 is 0 Å². The SMILES string of the molecule is CCSc1ccc(CC(=O)NN(C)C)cc1. The predicted molar refractivity (Wildman–Crippen MR) is 68.4 cm³/mol. The number of hydrogen-bond acceptors (Lipinski definition) is 3. The Morgan fingerprint density at radius 1 is 1.31 bits per heavy atom. The molecule has 0 heterocycles. The Hall–Kier alpha value is -1.00. The molecule has 1 amide bonds. The Labute approximate surface area is 101 Å².